The second-order valence-corrected chi connectivity index (χ2v) is 17.1. The molecule has 1 spiro atoms. The molecule has 0 nitrogen and oxygen atoms in total. The highest BCUT2D eigenvalue weighted by molar-refractivity contribution is 6.22. The average Bonchev–Trinajstić information content (AvgIpc) is 3.91. The minimum absolute atomic E-state index is 0.0361. The monoisotopic (exact) mass is 714 g/mol. The van der Waals surface area contributed by atoms with Crippen molar-refractivity contribution in [1.82, 2.24) is 0 Å². The number of hydrogen-bond donors (Lipinski definition) is 0. The maximum atomic E-state index is 2.59. The highest BCUT2D eigenvalue weighted by Gasteiger charge is 2.45. The summed E-state index contributed by atoms with van der Waals surface area (Å²) in [4.78, 5) is 0. The van der Waals surface area contributed by atoms with Gasteiger partial charge in [-0.25, -0.2) is 0 Å². The Morgan fingerprint density at radius 1 is 0.339 bits per heavy atom. The molecule has 0 saturated heterocycles. The highest BCUT2D eigenvalue weighted by atomic mass is 14.5. The molecule has 0 heteroatoms. The van der Waals surface area contributed by atoms with Crippen molar-refractivity contribution in [2.75, 3.05) is 0 Å². The zero-order valence-corrected chi connectivity index (χ0v) is 32.0. The lowest BCUT2D eigenvalue weighted by Gasteiger charge is -2.27. The normalized spacial score (nSPS) is 15.7. The summed E-state index contributed by atoms with van der Waals surface area (Å²) in [5.41, 5.74) is 19.3. The van der Waals surface area contributed by atoms with Crippen molar-refractivity contribution in [2.45, 2.75) is 50.4 Å². The Kier molecular flexibility index (Phi) is 6.66. The predicted octanol–water partition coefficient (Wildman–Crippen LogP) is 15.3. The zero-order valence-electron chi connectivity index (χ0n) is 32.0. The second kappa shape index (κ2) is 11.6. The van der Waals surface area contributed by atoms with Crippen molar-refractivity contribution >= 4 is 32.3 Å². The maximum absolute atomic E-state index is 2.59. The molecule has 0 aromatic heterocycles. The van der Waals surface area contributed by atoms with Gasteiger partial charge in [0.1, 0.15) is 0 Å². The Balaban J connectivity index is 1.15. The second-order valence-electron chi connectivity index (χ2n) is 17.1. The fraction of sp³-hybridized carbons (Fsp3) is 0.143. The van der Waals surface area contributed by atoms with E-state index in [9.17, 15) is 0 Å². The van der Waals surface area contributed by atoms with E-state index < -0.39 is 0 Å². The molecule has 0 N–H and O–H groups in total. The van der Waals surface area contributed by atoms with Gasteiger partial charge in [0.25, 0.3) is 0 Å². The Morgan fingerprint density at radius 3 is 1.68 bits per heavy atom. The Labute approximate surface area is 329 Å². The summed E-state index contributed by atoms with van der Waals surface area (Å²) in [6.07, 6.45) is 5.04. The molecule has 0 heterocycles. The van der Waals surface area contributed by atoms with Crippen LogP contribution in [0, 0.1) is 0 Å². The maximum Gasteiger partial charge on any atom is 0.0215 e. The van der Waals surface area contributed by atoms with Crippen LogP contribution in [0.1, 0.15) is 61.8 Å². The van der Waals surface area contributed by atoms with Crippen molar-refractivity contribution < 1.29 is 0 Å². The third-order valence-corrected chi connectivity index (χ3v) is 14.0. The van der Waals surface area contributed by atoms with Gasteiger partial charge in [-0.3, -0.25) is 0 Å². The van der Waals surface area contributed by atoms with E-state index in [0.717, 1.165) is 0 Å². The van der Waals surface area contributed by atoms with Gasteiger partial charge in [-0.05, 0) is 147 Å². The summed E-state index contributed by atoms with van der Waals surface area (Å²) in [5, 5.41) is 7.76. The van der Waals surface area contributed by atoms with E-state index in [1.54, 1.807) is 0 Å². The average molecular weight is 715 g/mol. The first-order valence-electron chi connectivity index (χ1n) is 20.5. The summed E-state index contributed by atoms with van der Waals surface area (Å²) < 4.78 is 0. The first-order valence-corrected chi connectivity index (χ1v) is 20.5. The van der Waals surface area contributed by atoms with Crippen LogP contribution in [0.25, 0.3) is 88.0 Å². The Morgan fingerprint density at radius 2 is 0.875 bits per heavy atom. The first-order chi connectivity index (χ1) is 27.5. The lowest BCUT2D eigenvalue weighted by atomic mass is 9.76. The largest absolute Gasteiger partial charge is 0.0619 e. The smallest absolute Gasteiger partial charge is 0.0215 e. The Bertz CT molecular complexity index is 3110. The molecule has 0 amide bonds. The van der Waals surface area contributed by atoms with Crippen LogP contribution >= 0.6 is 0 Å². The van der Waals surface area contributed by atoms with Crippen LogP contribution in [0.2, 0.25) is 0 Å². The van der Waals surface area contributed by atoms with E-state index >= 15 is 0 Å². The molecule has 9 aromatic rings. The minimum atomic E-state index is -0.0361. The molecule has 0 bridgehead atoms. The number of hydrogen-bond acceptors (Lipinski definition) is 0. The van der Waals surface area contributed by atoms with Gasteiger partial charge in [-0.2, -0.15) is 0 Å². The van der Waals surface area contributed by atoms with E-state index in [2.05, 4.69) is 184 Å². The van der Waals surface area contributed by atoms with Crippen molar-refractivity contribution in [2.24, 2.45) is 0 Å². The lowest BCUT2D eigenvalue weighted by Crippen LogP contribution is -2.20. The summed E-state index contributed by atoms with van der Waals surface area (Å²) >= 11 is 0. The van der Waals surface area contributed by atoms with Crippen LogP contribution in [0.15, 0.2) is 170 Å². The fourth-order valence-corrected chi connectivity index (χ4v) is 11.4. The van der Waals surface area contributed by atoms with Crippen LogP contribution in [0.4, 0.5) is 0 Å². The molecular weight excluding hydrogens is 673 g/mol. The SMILES string of the molecule is CC1(C)c2ccccc2-c2cc(-c3c4ccccc4c(-c4ccc5c(c4)C4(CCCC4)c4ccccc4-5)c4ccc(-c5ccc6ccccc6c5)cc34)ccc21. The van der Waals surface area contributed by atoms with Crippen LogP contribution in [0.3, 0.4) is 0 Å². The van der Waals surface area contributed by atoms with E-state index in [0.29, 0.717) is 0 Å². The Hall–Kier alpha value is -6.24. The molecule has 0 radical (unpaired) electrons. The molecule has 12 rings (SSSR count). The molecule has 3 aliphatic carbocycles. The number of fused-ring (bicyclic) bond motifs is 11. The van der Waals surface area contributed by atoms with Crippen molar-refractivity contribution in [1.29, 1.82) is 0 Å². The fourth-order valence-electron chi connectivity index (χ4n) is 11.4. The molecule has 1 saturated carbocycles. The van der Waals surface area contributed by atoms with E-state index in [1.165, 1.54) is 136 Å². The summed E-state index contributed by atoms with van der Waals surface area (Å²) in [6.45, 7) is 4.75. The van der Waals surface area contributed by atoms with E-state index in [1.807, 2.05) is 0 Å². The van der Waals surface area contributed by atoms with Crippen LogP contribution in [0.5, 0.6) is 0 Å². The molecule has 0 unspecified atom stereocenters. The standard InChI is InChI=1S/C56H42/c1-55(2)49-19-9-7-16-42(49)47-33-39(25-28-50(47)55)54-45-18-6-5-17-44(45)53(46-27-23-38(32-48(46)54)37-22-21-35-13-3-4-14-36(35)31-37)40-24-26-43-41-15-8-10-20-51(41)56(52(43)34-40)29-11-12-30-56/h3-10,13-28,31-34H,11-12,29-30H2,1-2H3. The summed E-state index contributed by atoms with van der Waals surface area (Å²) in [6, 6.07) is 65.0. The van der Waals surface area contributed by atoms with E-state index in [4.69, 9.17) is 0 Å². The van der Waals surface area contributed by atoms with Crippen LogP contribution in [-0.4, -0.2) is 0 Å². The van der Waals surface area contributed by atoms with Gasteiger partial charge in [-0.1, -0.05) is 172 Å². The molecule has 266 valence electrons. The van der Waals surface area contributed by atoms with Gasteiger partial charge in [0.15, 0.2) is 0 Å². The molecule has 56 heavy (non-hydrogen) atoms. The zero-order chi connectivity index (χ0) is 37.2. The summed E-state index contributed by atoms with van der Waals surface area (Å²) in [7, 11) is 0. The molecule has 9 aromatic carbocycles. The minimum Gasteiger partial charge on any atom is -0.0619 e. The third kappa shape index (κ3) is 4.36. The number of benzene rings is 9. The molecule has 0 aliphatic heterocycles. The molecular formula is C56H42. The molecule has 1 fully saturated rings. The predicted molar refractivity (Wildman–Crippen MR) is 238 cm³/mol. The first kappa shape index (κ1) is 32.0. The van der Waals surface area contributed by atoms with Crippen molar-refractivity contribution in [3.63, 3.8) is 0 Å². The van der Waals surface area contributed by atoms with Crippen molar-refractivity contribution in [3.05, 3.63) is 192 Å². The highest BCUT2D eigenvalue weighted by Crippen LogP contribution is 2.58. The van der Waals surface area contributed by atoms with Gasteiger partial charge >= 0.3 is 0 Å². The van der Waals surface area contributed by atoms with Crippen LogP contribution < -0.4 is 0 Å². The molecule has 0 atom stereocenters. The number of rotatable bonds is 3. The summed E-state index contributed by atoms with van der Waals surface area (Å²) in [5.74, 6) is 0. The van der Waals surface area contributed by atoms with Gasteiger partial charge in [0, 0.05) is 10.8 Å². The van der Waals surface area contributed by atoms with Gasteiger partial charge in [-0.15, -0.1) is 0 Å². The van der Waals surface area contributed by atoms with Crippen LogP contribution in [-0.2, 0) is 10.8 Å². The van der Waals surface area contributed by atoms with E-state index in [-0.39, 0.29) is 10.8 Å². The topological polar surface area (TPSA) is 0 Å². The van der Waals surface area contributed by atoms with Crippen molar-refractivity contribution in [3.8, 4) is 55.6 Å². The third-order valence-electron chi connectivity index (χ3n) is 14.0. The van der Waals surface area contributed by atoms with Gasteiger partial charge in [0.05, 0.1) is 0 Å². The van der Waals surface area contributed by atoms with Gasteiger partial charge in [0.2, 0.25) is 0 Å². The quantitative estimate of drug-likeness (QED) is 0.160. The molecule has 3 aliphatic rings. The lowest BCUT2D eigenvalue weighted by molar-refractivity contribution is 0.550. The van der Waals surface area contributed by atoms with Gasteiger partial charge < -0.3 is 0 Å².